The molecule has 1 aliphatic rings. The van der Waals surface area contributed by atoms with E-state index < -0.39 is 6.29 Å². The molecule has 70 valence electrons. The summed E-state index contributed by atoms with van der Waals surface area (Å²) >= 11 is 0. The number of hydrogen-bond acceptors (Lipinski definition) is 4. The lowest BCUT2D eigenvalue weighted by Gasteiger charge is -2.10. The highest BCUT2D eigenvalue weighted by molar-refractivity contribution is 5.41. The van der Waals surface area contributed by atoms with Gasteiger partial charge >= 0.3 is 0 Å². The van der Waals surface area contributed by atoms with Crippen molar-refractivity contribution in [2.75, 3.05) is 12.3 Å². The second-order valence-corrected chi connectivity index (χ2v) is 2.95. The fourth-order valence-electron chi connectivity index (χ4n) is 0.982. The van der Waals surface area contributed by atoms with Crippen molar-refractivity contribution in [2.24, 2.45) is 0 Å². The topological polar surface area (TPSA) is 68.0 Å². The van der Waals surface area contributed by atoms with Crippen molar-refractivity contribution in [3.63, 3.8) is 0 Å². The Morgan fingerprint density at radius 1 is 1.46 bits per heavy atom. The Labute approximate surface area is 75.9 Å². The molecule has 0 saturated carbocycles. The van der Waals surface area contributed by atoms with E-state index in [0.717, 1.165) is 0 Å². The molecule has 2 rings (SSSR count). The number of ether oxygens (including phenoxy) is 2. The van der Waals surface area contributed by atoms with Crippen molar-refractivity contribution >= 4 is 5.69 Å². The van der Waals surface area contributed by atoms with Crippen LogP contribution in [0.1, 0.15) is 0 Å². The monoisotopic (exact) mass is 181 g/mol. The lowest BCUT2D eigenvalue weighted by Crippen LogP contribution is -2.22. The molecule has 2 unspecified atom stereocenters. The molecule has 0 aliphatic carbocycles. The van der Waals surface area contributed by atoms with Crippen LogP contribution in [0, 0.1) is 0 Å². The Morgan fingerprint density at radius 3 is 2.62 bits per heavy atom. The fraction of sp³-hybridized carbons (Fsp3) is 0.333. The third-order valence-corrected chi connectivity index (χ3v) is 1.81. The van der Waals surface area contributed by atoms with Crippen molar-refractivity contribution in [3.05, 3.63) is 24.3 Å². The number of hydrogen-bond donors (Lipinski definition) is 2. The molecule has 0 spiro atoms. The zero-order chi connectivity index (χ0) is 9.26. The molecule has 4 nitrogen and oxygen atoms in total. The van der Waals surface area contributed by atoms with Gasteiger partial charge in [-0.05, 0) is 24.3 Å². The highest BCUT2D eigenvalue weighted by Crippen LogP contribution is 2.19. The van der Waals surface area contributed by atoms with Gasteiger partial charge in [-0.1, -0.05) is 0 Å². The minimum Gasteiger partial charge on any atom is -0.462 e. The summed E-state index contributed by atoms with van der Waals surface area (Å²) in [7, 11) is 0. The number of epoxide rings is 1. The molecule has 0 aromatic heterocycles. The highest BCUT2D eigenvalue weighted by Gasteiger charge is 2.33. The Bertz CT molecular complexity index is 281. The second kappa shape index (κ2) is 3.24. The van der Waals surface area contributed by atoms with E-state index in [4.69, 9.17) is 15.2 Å². The first-order valence-electron chi connectivity index (χ1n) is 4.07. The highest BCUT2D eigenvalue weighted by atomic mass is 16.7. The van der Waals surface area contributed by atoms with Crippen molar-refractivity contribution in [2.45, 2.75) is 12.4 Å². The fourth-order valence-corrected chi connectivity index (χ4v) is 0.982. The molecule has 4 heteroatoms. The second-order valence-electron chi connectivity index (χ2n) is 2.95. The first-order chi connectivity index (χ1) is 6.25. The van der Waals surface area contributed by atoms with Crippen molar-refractivity contribution in [1.29, 1.82) is 0 Å². The molecule has 0 bridgehead atoms. The van der Waals surface area contributed by atoms with Gasteiger partial charge < -0.3 is 20.3 Å². The van der Waals surface area contributed by atoms with Crippen molar-refractivity contribution in [1.82, 2.24) is 0 Å². The lowest BCUT2D eigenvalue weighted by atomic mass is 10.3. The minimum atomic E-state index is -0.872. The van der Waals surface area contributed by atoms with E-state index in [1.54, 1.807) is 24.3 Å². The van der Waals surface area contributed by atoms with Gasteiger partial charge in [0.05, 0.1) is 6.61 Å². The van der Waals surface area contributed by atoms with Gasteiger partial charge in [0.2, 0.25) is 6.29 Å². The molecular weight excluding hydrogens is 170 g/mol. The van der Waals surface area contributed by atoms with E-state index in [0.29, 0.717) is 18.0 Å². The first-order valence-corrected chi connectivity index (χ1v) is 4.07. The van der Waals surface area contributed by atoms with Gasteiger partial charge in [-0.3, -0.25) is 0 Å². The molecule has 1 aromatic rings. The maximum absolute atomic E-state index is 9.33. The van der Waals surface area contributed by atoms with Crippen LogP contribution < -0.4 is 10.5 Å². The first kappa shape index (κ1) is 8.34. The molecular formula is C9H11NO3. The summed E-state index contributed by atoms with van der Waals surface area (Å²) < 4.78 is 10.0. The van der Waals surface area contributed by atoms with E-state index >= 15 is 0 Å². The van der Waals surface area contributed by atoms with E-state index in [2.05, 4.69) is 0 Å². The molecule has 1 heterocycles. The molecule has 1 fully saturated rings. The molecule has 2 atom stereocenters. The SMILES string of the molecule is Nc1ccc(OC(O)C2CO2)cc1. The maximum Gasteiger partial charge on any atom is 0.226 e. The molecule has 0 amide bonds. The van der Waals surface area contributed by atoms with Gasteiger partial charge in [-0.25, -0.2) is 0 Å². The molecule has 1 aromatic carbocycles. The Hall–Kier alpha value is -1.26. The van der Waals surface area contributed by atoms with Crippen LogP contribution >= 0.6 is 0 Å². The van der Waals surface area contributed by atoms with Gasteiger partial charge in [0.15, 0.2) is 0 Å². The van der Waals surface area contributed by atoms with Crippen LogP contribution in [0.15, 0.2) is 24.3 Å². The van der Waals surface area contributed by atoms with Crippen LogP contribution in [0.25, 0.3) is 0 Å². The molecule has 0 radical (unpaired) electrons. The van der Waals surface area contributed by atoms with Crippen LogP contribution in [-0.4, -0.2) is 24.1 Å². The number of nitrogen functional groups attached to an aromatic ring is 1. The standard InChI is InChI=1S/C9H11NO3/c10-6-1-3-7(4-2-6)13-9(11)8-5-12-8/h1-4,8-9,11H,5,10H2. The predicted octanol–water partition coefficient (Wildman–Crippen LogP) is 0.365. The summed E-state index contributed by atoms with van der Waals surface area (Å²) in [6, 6.07) is 6.85. The van der Waals surface area contributed by atoms with E-state index in [9.17, 15) is 5.11 Å². The van der Waals surface area contributed by atoms with Gasteiger partial charge in [0, 0.05) is 5.69 Å². The Kier molecular flexibility index (Phi) is 2.08. The summed E-state index contributed by atoms with van der Waals surface area (Å²) in [6.45, 7) is 0.566. The van der Waals surface area contributed by atoms with Crippen LogP contribution in [0.2, 0.25) is 0 Å². The third kappa shape index (κ3) is 2.11. The van der Waals surface area contributed by atoms with E-state index in [1.165, 1.54) is 0 Å². The van der Waals surface area contributed by atoms with Gasteiger partial charge in [0.25, 0.3) is 0 Å². The average Bonchev–Trinajstić information content (AvgIpc) is 2.91. The van der Waals surface area contributed by atoms with Crippen LogP contribution in [-0.2, 0) is 4.74 Å². The smallest absolute Gasteiger partial charge is 0.226 e. The summed E-state index contributed by atoms with van der Waals surface area (Å²) in [5, 5.41) is 9.33. The van der Waals surface area contributed by atoms with Crippen LogP contribution in [0.5, 0.6) is 5.75 Å². The minimum absolute atomic E-state index is 0.169. The number of nitrogens with two attached hydrogens (primary N) is 1. The summed E-state index contributed by atoms with van der Waals surface area (Å²) in [4.78, 5) is 0. The van der Waals surface area contributed by atoms with E-state index in [1.807, 2.05) is 0 Å². The lowest BCUT2D eigenvalue weighted by molar-refractivity contribution is -0.0367. The largest absolute Gasteiger partial charge is 0.462 e. The zero-order valence-electron chi connectivity index (χ0n) is 7.01. The van der Waals surface area contributed by atoms with Crippen LogP contribution in [0.4, 0.5) is 5.69 Å². The zero-order valence-corrected chi connectivity index (χ0v) is 7.01. The predicted molar refractivity (Wildman–Crippen MR) is 47.2 cm³/mol. The quantitative estimate of drug-likeness (QED) is 0.401. The van der Waals surface area contributed by atoms with Gasteiger partial charge in [-0.2, -0.15) is 0 Å². The number of anilines is 1. The maximum atomic E-state index is 9.33. The molecule has 3 N–H and O–H groups in total. The summed E-state index contributed by atoms with van der Waals surface area (Å²) in [5.74, 6) is 0.595. The number of aliphatic hydroxyl groups excluding tert-OH is 1. The number of aliphatic hydroxyl groups is 1. The van der Waals surface area contributed by atoms with Crippen molar-refractivity contribution < 1.29 is 14.6 Å². The van der Waals surface area contributed by atoms with Crippen LogP contribution in [0.3, 0.4) is 0 Å². The Balaban J connectivity index is 1.96. The number of rotatable bonds is 3. The summed E-state index contributed by atoms with van der Waals surface area (Å²) in [5.41, 5.74) is 6.16. The number of benzene rings is 1. The molecule has 1 aliphatic heterocycles. The normalized spacial score (nSPS) is 22.4. The Morgan fingerprint density at radius 2 is 2.08 bits per heavy atom. The third-order valence-electron chi connectivity index (χ3n) is 1.81. The van der Waals surface area contributed by atoms with Gasteiger partial charge in [-0.15, -0.1) is 0 Å². The average molecular weight is 181 g/mol. The summed E-state index contributed by atoms with van der Waals surface area (Å²) in [6.07, 6.45) is -1.04. The van der Waals surface area contributed by atoms with E-state index in [-0.39, 0.29) is 6.10 Å². The van der Waals surface area contributed by atoms with Gasteiger partial charge in [0.1, 0.15) is 11.9 Å². The molecule has 1 saturated heterocycles. The molecule has 13 heavy (non-hydrogen) atoms. The van der Waals surface area contributed by atoms with Crippen molar-refractivity contribution in [3.8, 4) is 5.75 Å².